The van der Waals surface area contributed by atoms with Crippen LogP contribution in [0.15, 0.2) is 0 Å². The number of halogens is 3. The zero-order chi connectivity index (χ0) is 15.6. The summed E-state index contributed by atoms with van der Waals surface area (Å²) < 4.78 is 42.5. The van der Waals surface area contributed by atoms with Crippen LogP contribution in [0.4, 0.5) is 18.0 Å². The number of rotatable bonds is 2. The molecule has 8 heteroatoms. The number of nitrogens with zero attached hydrogens (tertiary/aromatic N) is 2. The fourth-order valence-electron chi connectivity index (χ4n) is 2.05. The molecule has 1 heterocycles. The molecule has 0 saturated carbocycles. The summed E-state index contributed by atoms with van der Waals surface area (Å²) in [5.41, 5.74) is 4.89. The van der Waals surface area contributed by atoms with Crippen molar-refractivity contribution < 1.29 is 22.7 Å². The number of piperazine rings is 1. The molecule has 0 spiro atoms. The van der Waals surface area contributed by atoms with Crippen LogP contribution in [0.2, 0.25) is 0 Å². The largest absolute Gasteiger partial charge is 0.444 e. The molecule has 0 radical (unpaired) electrons. The van der Waals surface area contributed by atoms with Crippen molar-refractivity contribution >= 4 is 6.09 Å². The highest BCUT2D eigenvalue weighted by Crippen LogP contribution is 2.21. The van der Waals surface area contributed by atoms with Crippen LogP contribution in [-0.4, -0.2) is 66.4 Å². The Kier molecular flexibility index (Phi) is 5.26. The normalized spacial score (nSPS) is 21.9. The molecule has 1 saturated heterocycles. The van der Waals surface area contributed by atoms with Gasteiger partial charge in [-0.1, -0.05) is 0 Å². The second-order valence-electron chi connectivity index (χ2n) is 5.90. The molecule has 2 N–H and O–H groups in total. The number of nitrogens with two attached hydrogens (primary N) is 1. The molecule has 0 aromatic heterocycles. The van der Waals surface area contributed by atoms with Gasteiger partial charge in [-0.3, -0.25) is 4.90 Å². The molecular weight excluding hydrogens is 275 g/mol. The third-order valence-corrected chi connectivity index (χ3v) is 2.91. The molecule has 1 fully saturated rings. The highest BCUT2D eigenvalue weighted by Gasteiger charge is 2.37. The van der Waals surface area contributed by atoms with E-state index in [1.54, 1.807) is 20.8 Å². The Bertz CT molecular complexity index is 342. The van der Waals surface area contributed by atoms with Gasteiger partial charge in [-0.25, -0.2) is 4.79 Å². The van der Waals surface area contributed by atoms with E-state index in [4.69, 9.17) is 10.5 Å². The van der Waals surface area contributed by atoms with Gasteiger partial charge in [-0.2, -0.15) is 13.2 Å². The monoisotopic (exact) mass is 297 g/mol. The minimum atomic E-state index is -4.26. The lowest BCUT2D eigenvalue weighted by Gasteiger charge is -2.41. The van der Waals surface area contributed by atoms with E-state index in [0.29, 0.717) is 0 Å². The quantitative estimate of drug-likeness (QED) is 0.837. The summed E-state index contributed by atoms with van der Waals surface area (Å²) in [6.07, 6.45) is -4.77. The maximum atomic E-state index is 12.4. The van der Waals surface area contributed by atoms with E-state index in [1.165, 1.54) is 9.80 Å². The Morgan fingerprint density at radius 3 is 2.35 bits per heavy atom. The zero-order valence-electron chi connectivity index (χ0n) is 12.0. The summed E-state index contributed by atoms with van der Waals surface area (Å²) >= 11 is 0. The SMILES string of the molecule is CC(C)(C)OC(=O)N1CCN(CC(F)(F)F)C(CN)C1. The maximum absolute atomic E-state index is 12.4. The Morgan fingerprint density at radius 2 is 1.90 bits per heavy atom. The molecule has 118 valence electrons. The minimum absolute atomic E-state index is 0.0649. The van der Waals surface area contributed by atoms with Gasteiger partial charge in [0.1, 0.15) is 5.60 Å². The summed E-state index contributed by atoms with van der Waals surface area (Å²) in [5, 5.41) is 0. The highest BCUT2D eigenvalue weighted by molar-refractivity contribution is 5.68. The molecule has 1 unspecified atom stereocenters. The molecule has 5 nitrogen and oxygen atoms in total. The van der Waals surface area contributed by atoms with Gasteiger partial charge in [0.05, 0.1) is 6.54 Å². The third kappa shape index (κ3) is 5.54. The average Bonchev–Trinajstić information content (AvgIpc) is 2.25. The fraction of sp³-hybridized carbons (Fsp3) is 0.917. The van der Waals surface area contributed by atoms with E-state index in [-0.39, 0.29) is 26.2 Å². The van der Waals surface area contributed by atoms with Crippen molar-refractivity contribution in [2.75, 3.05) is 32.7 Å². The van der Waals surface area contributed by atoms with Gasteiger partial charge in [-0.05, 0) is 20.8 Å². The number of hydrogen-bond acceptors (Lipinski definition) is 4. The summed E-state index contributed by atoms with van der Waals surface area (Å²) in [4.78, 5) is 14.6. The lowest BCUT2D eigenvalue weighted by atomic mass is 10.1. The molecule has 1 rings (SSSR count). The van der Waals surface area contributed by atoms with Crippen LogP contribution in [0.3, 0.4) is 0 Å². The molecule has 1 atom stereocenters. The average molecular weight is 297 g/mol. The summed E-state index contributed by atoms with van der Waals surface area (Å²) in [7, 11) is 0. The lowest BCUT2D eigenvalue weighted by Crippen LogP contribution is -2.59. The van der Waals surface area contributed by atoms with E-state index in [2.05, 4.69) is 0 Å². The first-order valence-corrected chi connectivity index (χ1v) is 6.50. The Labute approximate surface area is 116 Å². The molecule has 0 aromatic carbocycles. The summed E-state index contributed by atoms with van der Waals surface area (Å²) in [6.45, 7) is 4.79. The van der Waals surface area contributed by atoms with Crippen LogP contribution in [-0.2, 0) is 4.74 Å². The smallest absolute Gasteiger partial charge is 0.410 e. The zero-order valence-corrected chi connectivity index (χ0v) is 12.0. The number of carbonyl (C=O) groups excluding carboxylic acids is 1. The van der Waals surface area contributed by atoms with Crippen LogP contribution < -0.4 is 5.73 Å². The summed E-state index contributed by atoms with van der Waals surface area (Å²) in [6, 6.07) is -0.502. The van der Waals surface area contributed by atoms with Gasteiger partial charge in [0.2, 0.25) is 0 Å². The molecule has 0 aromatic rings. The molecule has 1 aliphatic heterocycles. The first kappa shape index (κ1) is 17.0. The number of hydrogen-bond donors (Lipinski definition) is 1. The van der Waals surface area contributed by atoms with Crippen LogP contribution in [0, 0.1) is 0 Å². The summed E-state index contributed by atoms with van der Waals surface area (Å²) in [5.74, 6) is 0. The van der Waals surface area contributed by atoms with Gasteiger partial charge >= 0.3 is 12.3 Å². The lowest BCUT2D eigenvalue weighted by molar-refractivity contribution is -0.154. The first-order chi connectivity index (χ1) is 9.02. The molecule has 1 amide bonds. The topological polar surface area (TPSA) is 58.8 Å². The van der Waals surface area contributed by atoms with E-state index >= 15 is 0 Å². The van der Waals surface area contributed by atoms with Crippen molar-refractivity contribution in [1.29, 1.82) is 0 Å². The van der Waals surface area contributed by atoms with Crippen molar-refractivity contribution in [2.45, 2.75) is 38.6 Å². The van der Waals surface area contributed by atoms with Gasteiger partial charge in [-0.15, -0.1) is 0 Å². The van der Waals surface area contributed by atoms with Crippen molar-refractivity contribution in [3.8, 4) is 0 Å². The van der Waals surface area contributed by atoms with Crippen molar-refractivity contribution in [2.24, 2.45) is 5.73 Å². The number of alkyl halides is 3. The number of amides is 1. The molecule has 0 aliphatic carbocycles. The number of carbonyl (C=O) groups is 1. The van der Waals surface area contributed by atoms with Gasteiger partial charge < -0.3 is 15.4 Å². The fourth-order valence-corrected chi connectivity index (χ4v) is 2.05. The number of ether oxygens (including phenoxy) is 1. The second kappa shape index (κ2) is 6.17. The molecular formula is C12H22F3N3O2. The van der Waals surface area contributed by atoms with Crippen LogP contribution >= 0.6 is 0 Å². The van der Waals surface area contributed by atoms with Crippen LogP contribution in [0.5, 0.6) is 0 Å². The van der Waals surface area contributed by atoms with Gasteiger partial charge in [0.25, 0.3) is 0 Å². The van der Waals surface area contributed by atoms with Crippen molar-refractivity contribution in [3.63, 3.8) is 0 Å². The van der Waals surface area contributed by atoms with E-state index in [1.807, 2.05) is 0 Å². The van der Waals surface area contributed by atoms with E-state index in [9.17, 15) is 18.0 Å². The van der Waals surface area contributed by atoms with Crippen LogP contribution in [0.25, 0.3) is 0 Å². The van der Waals surface area contributed by atoms with E-state index < -0.39 is 30.5 Å². The minimum Gasteiger partial charge on any atom is -0.444 e. The van der Waals surface area contributed by atoms with Gasteiger partial charge in [0.15, 0.2) is 0 Å². The van der Waals surface area contributed by atoms with Crippen molar-refractivity contribution in [3.05, 3.63) is 0 Å². The second-order valence-corrected chi connectivity index (χ2v) is 5.90. The molecule has 1 aliphatic rings. The maximum Gasteiger partial charge on any atom is 0.410 e. The van der Waals surface area contributed by atoms with E-state index in [0.717, 1.165) is 0 Å². The molecule has 0 bridgehead atoms. The first-order valence-electron chi connectivity index (χ1n) is 6.50. The predicted molar refractivity (Wildman–Crippen MR) is 68.3 cm³/mol. The Hall–Kier alpha value is -1.02. The predicted octanol–water partition coefficient (Wildman–Crippen LogP) is 1.43. The Balaban J connectivity index is 2.61. The highest BCUT2D eigenvalue weighted by atomic mass is 19.4. The Morgan fingerprint density at radius 1 is 1.30 bits per heavy atom. The molecule has 20 heavy (non-hydrogen) atoms. The van der Waals surface area contributed by atoms with Crippen LogP contribution in [0.1, 0.15) is 20.8 Å². The van der Waals surface area contributed by atoms with Crippen molar-refractivity contribution in [1.82, 2.24) is 9.80 Å². The third-order valence-electron chi connectivity index (χ3n) is 2.91. The standard InChI is InChI=1S/C12H22F3N3O2/c1-11(2,3)20-10(19)17-4-5-18(8-12(13,14)15)9(6-16)7-17/h9H,4-8,16H2,1-3H3. The van der Waals surface area contributed by atoms with Gasteiger partial charge in [0, 0.05) is 32.2 Å².